The summed E-state index contributed by atoms with van der Waals surface area (Å²) in [6.07, 6.45) is 0. The van der Waals surface area contributed by atoms with Crippen LogP contribution in [-0.4, -0.2) is 4.98 Å². The Balaban J connectivity index is 2.63. The number of para-hydroxylation sites is 1. The van der Waals surface area contributed by atoms with Gasteiger partial charge in [0.2, 0.25) is 0 Å². The number of aromatic nitrogens is 1. The van der Waals surface area contributed by atoms with Crippen molar-refractivity contribution in [2.45, 2.75) is 6.05 Å². The van der Waals surface area contributed by atoms with Crippen molar-refractivity contribution >= 4 is 10.9 Å². The predicted molar refractivity (Wildman–Crippen MR) is 49.8 cm³/mol. The zero-order chi connectivity index (χ0) is 10.2. The summed E-state index contributed by atoms with van der Waals surface area (Å²) < 4.78 is 25.4. The highest BCUT2D eigenvalue weighted by atomic mass is 19.3. The molecule has 72 valence electrons. The summed E-state index contributed by atoms with van der Waals surface area (Å²) in [4.78, 5) is 3.77. The zero-order valence-corrected chi connectivity index (χ0v) is 7.24. The van der Waals surface area contributed by atoms with Crippen LogP contribution in [0.4, 0.5) is 8.78 Å². The number of nitrogens with two attached hydrogens (primary N) is 1. The number of benzene rings is 1. The standard InChI is InChI=1S/C10H8F2N2/c11-10(12,13)9-6-5-7-3-1-2-4-8(7)14-9/h1-6H,13H2. The van der Waals surface area contributed by atoms with E-state index in [2.05, 4.69) is 10.7 Å². The minimum atomic E-state index is -3.37. The number of hydrogen-bond donors (Lipinski definition) is 1. The SMILES string of the molecule is NC(F)(F)c1ccc2ccccc2n1. The van der Waals surface area contributed by atoms with Gasteiger partial charge in [-0.25, -0.2) is 4.98 Å². The van der Waals surface area contributed by atoms with E-state index in [1.165, 1.54) is 6.07 Å². The molecule has 0 amide bonds. The smallest absolute Gasteiger partial charge is 0.267 e. The van der Waals surface area contributed by atoms with Crippen LogP contribution in [0.25, 0.3) is 10.9 Å². The highest BCUT2D eigenvalue weighted by Gasteiger charge is 2.26. The maximum absolute atomic E-state index is 12.7. The van der Waals surface area contributed by atoms with E-state index in [1.54, 1.807) is 24.3 Å². The van der Waals surface area contributed by atoms with E-state index >= 15 is 0 Å². The molecule has 0 spiro atoms. The molecule has 0 saturated heterocycles. The van der Waals surface area contributed by atoms with Crippen molar-refractivity contribution in [1.29, 1.82) is 0 Å². The molecule has 2 N–H and O–H groups in total. The van der Waals surface area contributed by atoms with Gasteiger partial charge in [0.05, 0.1) is 5.52 Å². The summed E-state index contributed by atoms with van der Waals surface area (Å²) in [6, 6.07) is 6.49. The molecule has 1 heterocycles. The highest BCUT2D eigenvalue weighted by molar-refractivity contribution is 5.78. The third kappa shape index (κ3) is 1.56. The van der Waals surface area contributed by atoms with Crippen LogP contribution >= 0.6 is 0 Å². The molecular formula is C10H8F2N2. The molecular weight excluding hydrogens is 186 g/mol. The van der Waals surface area contributed by atoms with Gasteiger partial charge in [-0.2, -0.15) is 8.78 Å². The van der Waals surface area contributed by atoms with Gasteiger partial charge in [-0.3, -0.25) is 5.73 Å². The lowest BCUT2D eigenvalue weighted by atomic mass is 10.2. The lowest BCUT2D eigenvalue weighted by molar-refractivity contribution is -0.00130. The average molecular weight is 194 g/mol. The van der Waals surface area contributed by atoms with E-state index in [1.807, 2.05) is 6.07 Å². The fourth-order valence-electron chi connectivity index (χ4n) is 1.25. The zero-order valence-electron chi connectivity index (χ0n) is 7.24. The first-order chi connectivity index (χ1) is 6.57. The van der Waals surface area contributed by atoms with Gasteiger partial charge in [0.1, 0.15) is 5.69 Å². The van der Waals surface area contributed by atoms with Crippen molar-refractivity contribution in [1.82, 2.24) is 4.98 Å². The molecule has 14 heavy (non-hydrogen) atoms. The number of fused-ring (bicyclic) bond motifs is 1. The summed E-state index contributed by atoms with van der Waals surface area (Å²) in [5, 5.41) is 0.820. The fourth-order valence-corrected chi connectivity index (χ4v) is 1.25. The molecule has 0 saturated carbocycles. The van der Waals surface area contributed by atoms with E-state index in [4.69, 9.17) is 0 Å². The van der Waals surface area contributed by atoms with Gasteiger partial charge in [0.25, 0.3) is 0 Å². The van der Waals surface area contributed by atoms with E-state index in [-0.39, 0.29) is 0 Å². The van der Waals surface area contributed by atoms with Crippen molar-refractivity contribution in [3.63, 3.8) is 0 Å². The van der Waals surface area contributed by atoms with Gasteiger partial charge < -0.3 is 0 Å². The largest absolute Gasteiger partial charge is 0.343 e. The summed E-state index contributed by atoms with van der Waals surface area (Å²) in [6.45, 7) is 0. The lowest BCUT2D eigenvalue weighted by Crippen LogP contribution is -2.26. The number of rotatable bonds is 1. The maximum atomic E-state index is 12.7. The van der Waals surface area contributed by atoms with E-state index < -0.39 is 11.7 Å². The minimum absolute atomic E-state index is 0.406. The summed E-state index contributed by atoms with van der Waals surface area (Å²) in [7, 11) is 0. The van der Waals surface area contributed by atoms with Gasteiger partial charge >= 0.3 is 6.05 Å². The van der Waals surface area contributed by atoms with Crippen LogP contribution in [0.1, 0.15) is 5.69 Å². The Morgan fingerprint density at radius 2 is 1.79 bits per heavy atom. The van der Waals surface area contributed by atoms with Crippen LogP contribution in [0.2, 0.25) is 0 Å². The van der Waals surface area contributed by atoms with Crippen LogP contribution in [-0.2, 0) is 6.05 Å². The van der Waals surface area contributed by atoms with Crippen molar-refractivity contribution in [2.75, 3.05) is 0 Å². The van der Waals surface area contributed by atoms with Gasteiger partial charge in [-0.15, -0.1) is 0 Å². The molecule has 0 aliphatic heterocycles. The van der Waals surface area contributed by atoms with E-state index in [0.29, 0.717) is 5.52 Å². The second kappa shape index (κ2) is 2.99. The van der Waals surface area contributed by atoms with Crippen LogP contribution < -0.4 is 5.73 Å². The van der Waals surface area contributed by atoms with Crippen LogP contribution in [0, 0.1) is 0 Å². The van der Waals surface area contributed by atoms with Crippen molar-refractivity contribution < 1.29 is 8.78 Å². The van der Waals surface area contributed by atoms with Gasteiger partial charge in [0.15, 0.2) is 0 Å². The lowest BCUT2D eigenvalue weighted by Gasteiger charge is -2.09. The Morgan fingerprint density at radius 1 is 1.07 bits per heavy atom. The second-order valence-electron chi connectivity index (χ2n) is 3.01. The molecule has 2 aromatic rings. The number of alkyl halides is 2. The molecule has 0 unspecified atom stereocenters. The number of nitrogens with zero attached hydrogens (tertiary/aromatic N) is 1. The Kier molecular flexibility index (Phi) is 1.93. The normalized spacial score (nSPS) is 11.9. The first kappa shape index (κ1) is 9.02. The van der Waals surface area contributed by atoms with E-state index in [0.717, 1.165) is 5.39 Å². The second-order valence-corrected chi connectivity index (χ2v) is 3.01. The highest BCUT2D eigenvalue weighted by Crippen LogP contribution is 2.21. The summed E-state index contributed by atoms with van der Waals surface area (Å²) >= 11 is 0. The molecule has 0 bridgehead atoms. The summed E-state index contributed by atoms with van der Waals surface area (Å²) in [5.41, 5.74) is 4.77. The molecule has 1 aromatic carbocycles. The fraction of sp³-hybridized carbons (Fsp3) is 0.100. The monoisotopic (exact) mass is 194 g/mol. The average Bonchev–Trinajstić information content (AvgIpc) is 2.16. The molecule has 0 aliphatic carbocycles. The van der Waals surface area contributed by atoms with E-state index in [9.17, 15) is 8.78 Å². The Hall–Kier alpha value is -1.55. The molecule has 2 rings (SSSR count). The molecule has 0 fully saturated rings. The van der Waals surface area contributed by atoms with Crippen molar-refractivity contribution in [3.8, 4) is 0 Å². The molecule has 4 heteroatoms. The topological polar surface area (TPSA) is 38.9 Å². The molecule has 0 atom stereocenters. The van der Waals surface area contributed by atoms with Crippen LogP contribution in [0.15, 0.2) is 36.4 Å². The third-order valence-corrected chi connectivity index (χ3v) is 1.94. The number of pyridine rings is 1. The van der Waals surface area contributed by atoms with Crippen molar-refractivity contribution in [2.24, 2.45) is 5.73 Å². The first-order valence-electron chi connectivity index (χ1n) is 4.10. The Labute approximate surface area is 79.4 Å². The number of hydrogen-bond acceptors (Lipinski definition) is 2. The van der Waals surface area contributed by atoms with Gasteiger partial charge in [-0.1, -0.05) is 24.3 Å². The molecule has 2 nitrogen and oxygen atoms in total. The predicted octanol–water partition coefficient (Wildman–Crippen LogP) is 2.24. The Bertz CT molecular complexity index is 463. The van der Waals surface area contributed by atoms with Crippen molar-refractivity contribution in [3.05, 3.63) is 42.1 Å². The summed E-state index contributed by atoms with van der Waals surface area (Å²) in [5.74, 6) is 0. The van der Waals surface area contributed by atoms with Crippen LogP contribution in [0.3, 0.4) is 0 Å². The molecule has 0 aliphatic rings. The molecule has 0 radical (unpaired) electrons. The van der Waals surface area contributed by atoms with Gasteiger partial charge in [0, 0.05) is 5.39 Å². The number of halogens is 2. The third-order valence-electron chi connectivity index (χ3n) is 1.94. The van der Waals surface area contributed by atoms with Gasteiger partial charge in [-0.05, 0) is 12.1 Å². The molecule has 1 aromatic heterocycles. The quantitative estimate of drug-likeness (QED) is 0.707. The van der Waals surface area contributed by atoms with Crippen LogP contribution in [0.5, 0.6) is 0 Å². The first-order valence-corrected chi connectivity index (χ1v) is 4.10. The minimum Gasteiger partial charge on any atom is -0.267 e. The maximum Gasteiger partial charge on any atom is 0.343 e. The Morgan fingerprint density at radius 3 is 2.50 bits per heavy atom.